The van der Waals surface area contributed by atoms with Crippen molar-refractivity contribution in [1.82, 2.24) is 23.7 Å². The van der Waals surface area contributed by atoms with E-state index in [1.165, 1.54) is 53.3 Å². The minimum absolute atomic E-state index is 0.890. The van der Waals surface area contributed by atoms with Gasteiger partial charge in [0.1, 0.15) is 11.6 Å². The molecule has 0 aliphatic rings. The Labute approximate surface area is 354 Å². The first-order valence-electron chi connectivity index (χ1n) is 20.8. The maximum Gasteiger partial charge on any atom is 0.179 e. The molecule has 12 aromatic rings. The van der Waals surface area contributed by atoms with Gasteiger partial charge in [0.25, 0.3) is 0 Å². The lowest BCUT2D eigenvalue weighted by Gasteiger charge is -2.34. The van der Waals surface area contributed by atoms with E-state index in [1.54, 1.807) is 0 Å². The summed E-state index contributed by atoms with van der Waals surface area (Å²) in [5, 5.41) is 10.0. The first-order chi connectivity index (χ1) is 30.2. The van der Waals surface area contributed by atoms with E-state index in [0.29, 0.717) is 0 Å². The van der Waals surface area contributed by atoms with Crippen molar-refractivity contribution in [1.29, 1.82) is 0 Å². The van der Waals surface area contributed by atoms with E-state index < -0.39 is 8.07 Å². The Bertz CT molecular complexity index is 3550. The predicted molar refractivity (Wildman–Crippen MR) is 256 cm³/mol. The Kier molecular flexibility index (Phi) is 8.02. The molecule has 12 rings (SSSR count). The molecule has 0 unspecified atom stereocenters. The van der Waals surface area contributed by atoms with Gasteiger partial charge in [-0.25, -0.2) is 9.97 Å². The summed E-state index contributed by atoms with van der Waals surface area (Å²) in [6.45, 7) is 0. The number of pyridine rings is 1. The monoisotopic (exact) mass is 797 g/mol. The van der Waals surface area contributed by atoms with Crippen molar-refractivity contribution in [2.75, 3.05) is 0 Å². The summed E-state index contributed by atoms with van der Waals surface area (Å²) >= 11 is 0. The zero-order chi connectivity index (χ0) is 40.5. The average molecular weight is 798 g/mol. The number of nitrogens with zero attached hydrogens (tertiary/aromatic N) is 5. The summed E-state index contributed by atoms with van der Waals surface area (Å²) in [4.78, 5) is 10.2. The van der Waals surface area contributed by atoms with Crippen LogP contribution in [0.3, 0.4) is 0 Å². The van der Waals surface area contributed by atoms with Gasteiger partial charge in [0.15, 0.2) is 8.07 Å². The SMILES string of the molecule is Cn1c(-c2cccc([Si](c3ccccc3)(c3ccccc3)c3ccc4c5cc6c(cc5n(-c5ccccn5)c4c3)c3ccccc3n6-c3ccccc3)c2)nc2ccccc21. The molecule has 4 heterocycles. The van der Waals surface area contributed by atoms with Gasteiger partial charge in [-0.05, 0) is 81.4 Å². The van der Waals surface area contributed by atoms with Crippen LogP contribution in [0.4, 0.5) is 0 Å². The Balaban J connectivity index is 1.18. The van der Waals surface area contributed by atoms with Crippen molar-refractivity contribution in [2.45, 2.75) is 0 Å². The van der Waals surface area contributed by atoms with Gasteiger partial charge in [-0.15, -0.1) is 0 Å². The molecule has 0 bridgehead atoms. The fraction of sp³-hybridized carbons (Fsp3) is 0.0182. The minimum Gasteiger partial charge on any atom is -0.327 e. The van der Waals surface area contributed by atoms with E-state index in [0.717, 1.165) is 45.0 Å². The van der Waals surface area contributed by atoms with Crippen LogP contribution >= 0.6 is 0 Å². The van der Waals surface area contributed by atoms with E-state index in [4.69, 9.17) is 9.97 Å². The summed E-state index contributed by atoms with van der Waals surface area (Å²) < 4.78 is 7.00. The molecule has 0 saturated heterocycles. The number of hydrogen-bond acceptors (Lipinski definition) is 2. The smallest absolute Gasteiger partial charge is 0.179 e. The van der Waals surface area contributed by atoms with Crippen molar-refractivity contribution in [3.05, 3.63) is 219 Å². The van der Waals surface area contributed by atoms with E-state index in [9.17, 15) is 0 Å². The third-order valence-electron chi connectivity index (χ3n) is 12.6. The topological polar surface area (TPSA) is 40.6 Å². The summed E-state index contributed by atoms with van der Waals surface area (Å²) in [5.41, 5.74) is 8.98. The second kappa shape index (κ2) is 13.9. The van der Waals surface area contributed by atoms with Crippen LogP contribution in [-0.4, -0.2) is 31.7 Å². The standard InChI is InChI=1S/C55H39N5Si/c1-58-50-29-14-12-27-48(50)57-55(58)38-18-17-25-42(34-38)61(40-21-7-3-8-22-40,41-23-9-4-10-24-41)43-31-32-45-47-36-52-46(37-53(47)60(51(45)35-43)54-30-15-16-33-56-54)44-26-11-13-28-49(44)59(52)39-19-5-2-6-20-39/h2-37H,1H3. The summed E-state index contributed by atoms with van der Waals surface area (Å²) in [6.07, 6.45) is 1.90. The molecule has 8 aromatic carbocycles. The zero-order valence-corrected chi connectivity index (χ0v) is 34.5. The van der Waals surface area contributed by atoms with Gasteiger partial charge in [0.2, 0.25) is 0 Å². The number of rotatable bonds is 7. The fourth-order valence-electron chi connectivity index (χ4n) is 9.97. The van der Waals surface area contributed by atoms with Gasteiger partial charge >= 0.3 is 0 Å². The summed E-state index contributed by atoms with van der Waals surface area (Å²) in [6, 6.07) is 77.6. The zero-order valence-electron chi connectivity index (χ0n) is 33.5. The third-order valence-corrected chi connectivity index (χ3v) is 17.4. The molecule has 0 radical (unpaired) electrons. The molecule has 0 spiro atoms. The maximum absolute atomic E-state index is 5.16. The Morgan fingerprint density at radius 2 is 0.967 bits per heavy atom. The molecule has 0 aliphatic carbocycles. The molecular weight excluding hydrogens is 759 g/mol. The number of aryl methyl sites for hydroxylation is 1. The molecule has 6 heteroatoms. The molecule has 0 atom stereocenters. The normalized spacial score (nSPS) is 12.0. The van der Waals surface area contributed by atoms with Crippen molar-refractivity contribution < 1.29 is 0 Å². The number of benzene rings is 8. The van der Waals surface area contributed by atoms with Crippen molar-refractivity contribution >= 4 is 83.5 Å². The molecule has 61 heavy (non-hydrogen) atoms. The number of aromatic nitrogens is 5. The number of para-hydroxylation sites is 4. The van der Waals surface area contributed by atoms with Crippen LogP contribution in [0.2, 0.25) is 0 Å². The second-order valence-electron chi connectivity index (χ2n) is 15.9. The van der Waals surface area contributed by atoms with Crippen LogP contribution in [0, 0.1) is 0 Å². The van der Waals surface area contributed by atoms with Crippen LogP contribution in [0.15, 0.2) is 219 Å². The van der Waals surface area contributed by atoms with Gasteiger partial charge < -0.3 is 9.13 Å². The van der Waals surface area contributed by atoms with Crippen molar-refractivity contribution in [2.24, 2.45) is 7.05 Å². The average Bonchev–Trinajstić information content (AvgIpc) is 3.96. The van der Waals surface area contributed by atoms with E-state index in [1.807, 2.05) is 12.3 Å². The second-order valence-corrected chi connectivity index (χ2v) is 19.7. The van der Waals surface area contributed by atoms with E-state index >= 15 is 0 Å². The highest BCUT2D eigenvalue weighted by molar-refractivity contribution is 7.20. The van der Waals surface area contributed by atoms with Crippen LogP contribution in [0.5, 0.6) is 0 Å². The Morgan fingerprint density at radius 3 is 1.67 bits per heavy atom. The Morgan fingerprint density at radius 1 is 0.393 bits per heavy atom. The lowest BCUT2D eigenvalue weighted by atomic mass is 10.1. The molecule has 288 valence electrons. The highest BCUT2D eigenvalue weighted by Crippen LogP contribution is 2.39. The van der Waals surface area contributed by atoms with Gasteiger partial charge in [0.05, 0.1) is 33.1 Å². The predicted octanol–water partition coefficient (Wildman–Crippen LogP) is 10.2. The molecule has 0 saturated carbocycles. The number of fused-ring (bicyclic) bond motifs is 7. The van der Waals surface area contributed by atoms with Crippen LogP contribution in [0.1, 0.15) is 0 Å². The quantitative estimate of drug-likeness (QED) is 0.119. The number of imidazole rings is 1. The van der Waals surface area contributed by atoms with Crippen LogP contribution in [0.25, 0.3) is 77.5 Å². The molecule has 0 N–H and O–H groups in total. The highest BCUT2D eigenvalue weighted by Gasteiger charge is 2.42. The first-order valence-corrected chi connectivity index (χ1v) is 22.8. The van der Waals surface area contributed by atoms with E-state index in [2.05, 4.69) is 227 Å². The molecule has 5 nitrogen and oxygen atoms in total. The van der Waals surface area contributed by atoms with Gasteiger partial charge in [-0.1, -0.05) is 152 Å². The van der Waals surface area contributed by atoms with Gasteiger partial charge in [-0.3, -0.25) is 4.57 Å². The first kappa shape index (κ1) is 35.2. The van der Waals surface area contributed by atoms with Crippen LogP contribution < -0.4 is 20.7 Å². The largest absolute Gasteiger partial charge is 0.327 e. The molecule has 0 fully saturated rings. The van der Waals surface area contributed by atoms with Gasteiger partial charge in [-0.2, -0.15) is 0 Å². The third kappa shape index (κ3) is 5.32. The van der Waals surface area contributed by atoms with Crippen molar-refractivity contribution in [3.8, 4) is 22.9 Å². The molecule has 0 amide bonds. The van der Waals surface area contributed by atoms with Gasteiger partial charge in [0, 0.05) is 46.0 Å². The lowest BCUT2D eigenvalue weighted by molar-refractivity contribution is 0.959. The minimum atomic E-state index is -3.01. The lowest BCUT2D eigenvalue weighted by Crippen LogP contribution is -2.74. The highest BCUT2D eigenvalue weighted by atomic mass is 28.3. The maximum atomic E-state index is 5.16. The van der Waals surface area contributed by atoms with Crippen molar-refractivity contribution in [3.63, 3.8) is 0 Å². The summed E-state index contributed by atoms with van der Waals surface area (Å²) in [5.74, 6) is 1.85. The molecule has 4 aromatic heterocycles. The van der Waals surface area contributed by atoms with E-state index in [-0.39, 0.29) is 0 Å². The van der Waals surface area contributed by atoms with Crippen LogP contribution in [-0.2, 0) is 7.05 Å². The number of hydrogen-bond donors (Lipinski definition) is 0. The molecular formula is C55H39N5Si. The Hall–Kier alpha value is -7.80. The molecule has 0 aliphatic heterocycles. The summed E-state index contributed by atoms with van der Waals surface area (Å²) in [7, 11) is -0.890. The fourth-order valence-corrected chi connectivity index (χ4v) is 14.8.